The Labute approximate surface area is 136 Å². The normalized spacial score (nSPS) is 20.1. The number of rotatable bonds is 6. The summed E-state index contributed by atoms with van der Waals surface area (Å²) in [4.78, 5) is 0. The lowest BCUT2D eigenvalue weighted by atomic mass is 10.00. The summed E-state index contributed by atoms with van der Waals surface area (Å²) in [5.74, 6) is 1.33. The summed E-state index contributed by atoms with van der Waals surface area (Å²) in [7, 11) is 0. The van der Waals surface area contributed by atoms with E-state index in [0.29, 0.717) is 29.7 Å². The zero-order valence-electron chi connectivity index (χ0n) is 12.5. The first kappa shape index (κ1) is 16.7. The van der Waals surface area contributed by atoms with E-state index in [4.69, 9.17) is 37.4 Å². The molecule has 21 heavy (non-hydrogen) atoms. The van der Waals surface area contributed by atoms with Crippen molar-refractivity contribution >= 4 is 23.2 Å². The molecule has 0 aliphatic carbocycles. The molecule has 0 radical (unpaired) electrons. The Hall–Kier alpha value is -0.640. The van der Waals surface area contributed by atoms with Gasteiger partial charge < -0.3 is 14.2 Å². The van der Waals surface area contributed by atoms with Crippen molar-refractivity contribution in [3.05, 3.63) is 22.7 Å². The summed E-state index contributed by atoms with van der Waals surface area (Å²) in [6, 6.07) is 3.66. The molecule has 0 spiro atoms. The number of benzene rings is 1. The highest BCUT2D eigenvalue weighted by atomic mass is 35.5. The van der Waals surface area contributed by atoms with Crippen LogP contribution in [0.1, 0.15) is 44.1 Å². The number of halogens is 2. The van der Waals surface area contributed by atoms with Crippen LogP contribution in [-0.4, -0.2) is 25.9 Å². The van der Waals surface area contributed by atoms with Crippen molar-refractivity contribution < 1.29 is 14.2 Å². The van der Waals surface area contributed by atoms with Crippen LogP contribution in [0.5, 0.6) is 11.5 Å². The van der Waals surface area contributed by atoms with Crippen LogP contribution in [0.4, 0.5) is 0 Å². The van der Waals surface area contributed by atoms with Crippen LogP contribution >= 0.6 is 23.2 Å². The minimum absolute atomic E-state index is 0.00494. The Morgan fingerprint density at radius 1 is 1.19 bits per heavy atom. The second kappa shape index (κ2) is 8.11. The van der Waals surface area contributed by atoms with Gasteiger partial charge in [0.25, 0.3) is 0 Å². The minimum atomic E-state index is -0.271. The van der Waals surface area contributed by atoms with Gasteiger partial charge in [-0.2, -0.15) is 0 Å². The van der Waals surface area contributed by atoms with Crippen LogP contribution in [0.2, 0.25) is 5.02 Å². The molecule has 118 valence electrons. The van der Waals surface area contributed by atoms with Gasteiger partial charge in [-0.1, -0.05) is 11.6 Å². The third-order valence-electron chi connectivity index (χ3n) is 3.50. The molecule has 2 unspecified atom stereocenters. The van der Waals surface area contributed by atoms with Gasteiger partial charge in [0.2, 0.25) is 0 Å². The molecule has 5 heteroatoms. The molecular weight excluding hydrogens is 311 g/mol. The summed E-state index contributed by atoms with van der Waals surface area (Å²) < 4.78 is 17.0. The second-order valence-electron chi connectivity index (χ2n) is 4.99. The van der Waals surface area contributed by atoms with E-state index in [9.17, 15) is 0 Å². The van der Waals surface area contributed by atoms with Gasteiger partial charge in [0.1, 0.15) is 0 Å². The fraction of sp³-hybridized carbons (Fsp3) is 0.625. The molecule has 0 bridgehead atoms. The molecule has 1 aliphatic heterocycles. The van der Waals surface area contributed by atoms with E-state index < -0.39 is 0 Å². The number of ether oxygens (including phenoxy) is 3. The summed E-state index contributed by atoms with van der Waals surface area (Å²) in [6.45, 7) is 5.75. The van der Waals surface area contributed by atoms with Gasteiger partial charge in [0.15, 0.2) is 11.5 Å². The van der Waals surface area contributed by atoms with Crippen molar-refractivity contribution in [2.45, 2.75) is 44.6 Å². The fourth-order valence-electron chi connectivity index (χ4n) is 2.50. The zero-order chi connectivity index (χ0) is 15.2. The fourth-order valence-corrected chi connectivity index (χ4v) is 3.20. The highest BCUT2D eigenvalue weighted by Gasteiger charge is 2.27. The van der Waals surface area contributed by atoms with E-state index in [1.165, 1.54) is 0 Å². The maximum atomic E-state index is 6.59. The minimum Gasteiger partial charge on any atom is -0.490 e. The molecule has 1 aromatic carbocycles. The average Bonchev–Trinajstić information content (AvgIpc) is 2.50. The third-order valence-corrected chi connectivity index (χ3v) is 4.34. The summed E-state index contributed by atoms with van der Waals surface area (Å²) >= 11 is 13.0. The van der Waals surface area contributed by atoms with Crippen molar-refractivity contribution in [2.24, 2.45) is 0 Å². The number of alkyl halides is 1. The van der Waals surface area contributed by atoms with Crippen LogP contribution in [-0.2, 0) is 4.74 Å². The smallest absolute Gasteiger partial charge is 0.162 e. The van der Waals surface area contributed by atoms with Crippen molar-refractivity contribution in [1.82, 2.24) is 0 Å². The standard InChI is InChI=1S/C16H22Cl2O3/c1-3-19-14-9-11(12(17)10-15(14)20-4-2)16(18)13-7-5-6-8-21-13/h9-10,13,16H,3-8H2,1-2H3. The Morgan fingerprint density at radius 2 is 1.86 bits per heavy atom. The van der Waals surface area contributed by atoms with E-state index in [-0.39, 0.29) is 11.5 Å². The predicted octanol–water partition coefficient (Wildman–Crippen LogP) is 4.99. The monoisotopic (exact) mass is 332 g/mol. The van der Waals surface area contributed by atoms with E-state index in [0.717, 1.165) is 31.4 Å². The van der Waals surface area contributed by atoms with Crippen molar-refractivity contribution in [1.29, 1.82) is 0 Å². The van der Waals surface area contributed by atoms with Crippen LogP contribution in [0.25, 0.3) is 0 Å². The largest absolute Gasteiger partial charge is 0.490 e. The van der Waals surface area contributed by atoms with E-state index in [1.807, 2.05) is 19.9 Å². The zero-order valence-corrected chi connectivity index (χ0v) is 14.0. The Kier molecular flexibility index (Phi) is 6.46. The van der Waals surface area contributed by atoms with Crippen LogP contribution in [0.3, 0.4) is 0 Å². The summed E-state index contributed by atoms with van der Waals surface area (Å²) in [5, 5.41) is 0.323. The van der Waals surface area contributed by atoms with Crippen LogP contribution in [0, 0.1) is 0 Å². The maximum Gasteiger partial charge on any atom is 0.162 e. The quantitative estimate of drug-likeness (QED) is 0.687. The van der Waals surface area contributed by atoms with Gasteiger partial charge in [-0.05, 0) is 44.7 Å². The van der Waals surface area contributed by atoms with Gasteiger partial charge in [-0.25, -0.2) is 0 Å². The SMILES string of the molecule is CCOc1cc(Cl)c(C(Cl)C2CCCCO2)cc1OCC. The molecule has 1 aromatic rings. The molecule has 2 rings (SSSR count). The Morgan fingerprint density at radius 3 is 2.43 bits per heavy atom. The summed E-state index contributed by atoms with van der Waals surface area (Å²) in [6.07, 6.45) is 3.20. The first-order chi connectivity index (χ1) is 10.2. The molecule has 1 aliphatic rings. The van der Waals surface area contributed by atoms with Crippen molar-refractivity contribution in [3.63, 3.8) is 0 Å². The van der Waals surface area contributed by atoms with Gasteiger partial charge in [0.05, 0.1) is 24.7 Å². The van der Waals surface area contributed by atoms with Gasteiger partial charge in [0, 0.05) is 17.7 Å². The van der Waals surface area contributed by atoms with Gasteiger partial charge in [-0.3, -0.25) is 0 Å². The Balaban J connectivity index is 2.27. The molecule has 0 aromatic heterocycles. The highest BCUT2D eigenvalue weighted by molar-refractivity contribution is 6.33. The molecule has 3 nitrogen and oxygen atoms in total. The third kappa shape index (κ3) is 4.18. The lowest BCUT2D eigenvalue weighted by Gasteiger charge is -2.28. The molecule has 1 saturated heterocycles. The lowest BCUT2D eigenvalue weighted by Crippen LogP contribution is -2.23. The molecule has 1 heterocycles. The van der Waals surface area contributed by atoms with E-state index >= 15 is 0 Å². The molecule has 0 saturated carbocycles. The van der Waals surface area contributed by atoms with Gasteiger partial charge in [-0.15, -0.1) is 11.6 Å². The van der Waals surface area contributed by atoms with Crippen LogP contribution in [0.15, 0.2) is 12.1 Å². The van der Waals surface area contributed by atoms with Crippen molar-refractivity contribution in [2.75, 3.05) is 19.8 Å². The summed E-state index contributed by atoms with van der Waals surface area (Å²) in [5.41, 5.74) is 0.845. The van der Waals surface area contributed by atoms with E-state index in [1.54, 1.807) is 6.07 Å². The number of hydrogen-bond acceptors (Lipinski definition) is 3. The Bertz CT molecular complexity index is 459. The van der Waals surface area contributed by atoms with Gasteiger partial charge >= 0.3 is 0 Å². The molecule has 0 N–H and O–H groups in total. The first-order valence-corrected chi connectivity index (χ1v) is 8.33. The molecule has 2 atom stereocenters. The number of hydrogen-bond donors (Lipinski definition) is 0. The second-order valence-corrected chi connectivity index (χ2v) is 5.87. The molecule has 0 amide bonds. The van der Waals surface area contributed by atoms with Crippen LogP contribution < -0.4 is 9.47 Å². The van der Waals surface area contributed by atoms with E-state index in [2.05, 4.69) is 0 Å². The van der Waals surface area contributed by atoms with Crippen molar-refractivity contribution in [3.8, 4) is 11.5 Å². The highest BCUT2D eigenvalue weighted by Crippen LogP contribution is 2.41. The molecule has 1 fully saturated rings. The first-order valence-electron chi connectivity index (χ1n) is 7.52. The maximum absolute atomic E-state index is 6.59. The molecular formula is C16H22Cl2O3. The predicted molar refractivity (Wildman–Crippen MR) is 86.0 cm³/mol. The average molecular weight is 333 g/mol. The lowest BCUT2D eigenvalue weighted by molar-refractivity contribution is 0.0135. The topological polar surface area (TPSA) is 27.7 Å².